The second-order valence-electron chi connectivity index (χ2n) is 3.01. The van der Waals surface area contributed by atoms with E-state index in [4.69, 9.17) is 4.74 Å². The van der Waals surface area contributed by atoms with E-state index in [9.17, 15) is 4.79 Å². The van der Waals surface area contributed by atoms with Crippen molar-refractivity contribution in [1.82, 2.24) is 5.32 Å². The predicted octanol–water partition coefficient (Wildman–Crippen LogP) is 1.21. The maximum absolute atomic E-state index is 11.0. The number of allylic oxidation sites excluding steroid dienone is 1. The van der Waals surface area contributed by atoms with Crippen molar-refractivity contribution < 1.29 is 9.53 Å². The van der Waals surface area contributed by atoms with Gasteiger partial charge in [-0.05, 0) is 26.7 Å². The fraction of sp³-hybridized carbons (Fsp3) is 0.667. The summed E-state index contributed by atoms with van der Waals surface area (Å²) in [7, 11) is 0. The van der Waals surface area contributed by atoms with Crippen molar-refractivity contribution in [2.24, 2.45) is 0 Å². The van der Waals surface area contributed by atoms with Crippen LogP contribution in [0.2, 0.25) is 0 Å². The number of hydrogen-bond acceptors (Lipinski definition) is 3. The van der Waals surface area contributed by atoms with Crippen molar-refractivity contribution in [3.63, 3.8) is 0 Å². The molecule has 1 rings (SSSR count). The van der Waals surface area contributed by atoms with Crippen LogP contribution in [-0.4, -0.2) is 18.6 Å². The summed E-state index contributed by atoms with van der Waals surface area (Å²) in [5.74, 6) is -0.242. The maximum Gasteiger partial charge on any atom is 0.332 e. The lowest BCUT2D eigenvalue weighted by atomic mass is 10.2. The normalized spacial score (nSPS) is 25.5. The highest BCUT2D eigenvalue weighted by Gasteiger charge is 2.14. The van der Waals surface area contributed by atoms with Crippen molar-refractivity contribution >= 4 is 5.97 Å². The van der Waals surface area contributed by atoms with Crippen LogP contribution in [0.5, 0.6) is 0 Å². The predicted molar refractivity (Wildman–Crippen MR) is 46.5 cm³/mol. The monoisotopic (exact) mass is 169 g/mol. The number of hydrogen-bond donors (Lipinski definition) is 1. The first-order valence-corrected chi connectivity index (χ1v) is 4.36. The molecule has 0 unspecified atom stereocenters. The lowest BCUT2D eigenvalue weighted by molar-refractivity contribution is -0.137. The van der Waals surface area contributed by atoms with Gasteiger partial charge in [-0.3, -0.25) is 0 Å². The molecule has 12 heavy (non-hydrogen) atoms. The summed E-state index contributed by atoms with van der Waals surface area (Å²) in [6.45, 7) is 4.35. The number of ether oxygens (including phenoxy) is 1. The lowest BCUT2D eigenvalue weighted by Crippen LogP contribution is -2.16. The molecule has 0 aromatic rings. The molecule has 0 saturated carbocycles. The van der Waals surface area contributed by atoms with Crippen molar-refractivity contribution in [2.75, 3.05) is 6.61 Å². The van der Waals surface area contributed by atoms with Crippen LogP contribution < -0.4 is 5.32 Å². The third-order valence-electron chi connectivity index (χ3n) is 1.86. The van der Waals surface area contributed by atoms with Crippen LogP contribution in [0.4, 0.5) is 0 Å². The molecule has 1 atom stereocenters. The van der Waals surface area contributed by atoms with E-state index >= 15 is 0 Å². The van der Waals surface area contributed by atoms with E-state index in [1.54, 1.807) is 13.0 Å². The molecule has 3 nitrogen and oxygen atoms in total. The Balaban J connectivity index is 2.41. The Morgan fingerprint density at radius 1 is 1.83 bits per heavy atom. The van der Waals surface area contributed by atoms with E-state index in [0.717, 1.165) is 18.5 Å². The molecule has 68 valence electrons. The Labute approximate surface area is 72.8 Å². The first kappa shape index (κ1) is 9.10. The smallest absolute Gasteiger partial charge is 0.332 e. The zero-order chi connectivity index (χ0) is 8.97. The molecule has 0 aromatic carbocycles. The summed E-state index contributed by atoms with van der Waals surface area (Å²) >= 11 is 0. The van der Waals surface area contributed by atoms with E-state index in [1.807, 2.05) is 0 Å². The molecule has 0 aliphatic carbocycles. The van der Waals surface area contributed by atoms with E-state index in [-0.39, 0.29) is 5.97 Å². The molecular formula is C9H15NO2. The molecule has 1 fully saturated rings. The quantitative estimate of drug-likeness (QED) is 0.498. The second-order valence-corrected chi connectivity index (χ2v) is 3.01. The Morgan fingerprint density at radius 2 is 2.58 bits per heavy atom. The first-order chi connectivity index (χ1) is 5.72. The van der Waals surface area contributed by atoms with E-state index in [1.165, 1.54) is 0 Å². The Kier molecular flexibility index (Phi) is 3.14. The molecule has 3 heteroatoms. The van der Waals surface area contributed by atoms with E-state index in [0.29, 0.717) is 12.6 Å². The number of esters is 1. The van der Waals surface area contributed by atoms with Gasteiger partial charge in [0, 0.05) is 17.8 Å². The third kappa shape index (κ3) is 2.57. The fourth-order valence-corrected chi connectivity index (χ4v) is 1.27. The van der Waals surface area contributed by atoms with Crippen molar-refractivity contribution in [1.29, 1.82) is 0 Å². The SMILES string of the molecule is CCOC(=O)C=C1CC[C@@H](C)N1. The molecule has 1 heterocycles. The number of nitrogens with one attached hydrogen (secondary N) is 1. The standard InChI is InChI=1S/C9H15NO2/c1-3-12-9(11)6-8-5-4-7(2)10-8/h6-7,10H,3-5H2,1-2H3/t7-/m1/s1. The third-order valence-corrected chi connectivity index (χ3v) is 1.86. The van der Waals surface area contributed by atoms with Crippen molar-refractivity contribution in [3.8, 4) is 0 Å². The van der Waals surface area contributed by atoms with Crippen LogP contribution >= 0.6 is 0 Å². The van der Waals surface area contributed by atoms with Gasteiger partial charge < -0.3 is 10.1 Å². The molecule has 1 aliphatic heterocycles. The summed E-state index contributed by atoms with van der Waals surface area (Å²) in [6, 6.07) is 0.491. The molecular weight excluding hydrogens is 154 g/mol. The highest BCUT2D eigenvalue weighted by molar-refractivity contribution is 5.82. The van der Waals surface area contributed by atoms with Crippen LogP contribution in [0.25, 0.3) is 0 Å². The minimum Gasteiger partial charge on any atom is -0.463 e. The lowest BCUT2D eigenvalue weighted by Gasteiger charge is -2.02. The van der Waals surface area contributed by atoms with Gasteiger partial charge in [-0.2, -0.15) is 0 Å². The summed E-state index contributed by atoms with van der Waals surface area (Å²) in [4.78, 5) is 11.0. The number of carbonyl (C=O) groups excluding carboxylic acids is 1. The van der Waals surface area contributed by atoms with Gasteiger partial charge in [0.2, 0.25) is 0 Å². The molecule has 1 aliphatic rings. The van der Waals surface area contributed by atoms with E-state index < -0.39 is 0 Å². The molecule has 0 spiro atoms. The average Bonchev–Trinajstić information content (AvgIpc) is 2.36. The Bertz CT molecular complexity index is 199. The molecule has 0 bridgehead atoms. The highest BCUT2D eigenvalue weighted by Crippen LogP contribution is 2.14. The van der Waals surface area contributed by atoms with E-state index in [2.05, 4.69) is 12.2 Å². The van der Waals surface area contributed by atoms with Crippen LogP contribution in [0.3, 0.4) is 0 Å². The van der Waals surface area contributed by atoms with Gasteiger partial charge in [-0.25, -0.2) is 4.79 Å². The zero-order valence-electron chi connectivity index (χ0n) is 7.59. The van der Waals surface area contributed by atoms with Crippen molar-refractivity contribution in [3.05, 3.63) is 11.8 Å². The number of rotatable bonds is 2. The van der Waals surface area contributed by atoms with Crippen LogP contribution in [0.1, 0.15) is 26.7 Å². The zero-order valence-corrected chi connectivity index (χ0v) is 7.59. The summed E-state index contributed by atoms with van der Waals surface area (Å²) in [6.07, 6.45) is 3.61. The summed E-state index contributed by atoms with van der Waals surface area (Å²) in [5.41, 5.74) is 1.00. The van der Waals surface area contributed by atoms with Gasteiger partial charge in [0.05, 0.1) is 6.61 Å². The fourth-order valence-electron chi connectivity index (χ4n) is 1.27. The topological polar surface area (TPSA) is 38.3 Å². The molecule has 0 aromatic heterocycles. The van der Waals surface area contributed by atoms with Gasteiger partial charge in [0.15, 0.2) is 0 Å². The van der Waals surface area contributed by atoms with Crippen LogP contribution in [0.15, 0.2) is 11.8 Å². The van der Waals surface area contributed by atoms with Gasteiger partial charge in [-0.15, -0.1) is 0 Å². The Hall–Kier alpha value is -0.990. The minimum atomic E-state index is -0.242. The largest absolute Gasteiger partial charge is 0.463 e. The second kappa shape index (κ2) is 4.14. The summed E-state index contributed by atoms with van der Waals surface area (Å²) < 4.78 is 4.78. The Morgan fingerprint density at radius 3 is 3.08 bits per heavy atom. The van der Waals surface area contributed by atoms with Crippen LogP contribution in [0, 0.1) is 0 Å². The number of carbonyl (C=O) groups is 1. The molecule has 0 radical (unpaired) electrons. The summed E-state index contributed by atoms with van der Waals surface area (Å²) in [5, 5.41) is 3.20. The minimum absolute atomic E-state index is 0.242. The molecule has 1 N–H and O–H groups in total. The highest BCUT2D eigenvalue weighted by atomic mass is 16.5. The first-order valence-electron chi connectivity index (χ1n) is 4.36. The van der Waals surface area contributed by atoms with Gasteiger partial charge in [0.1, 0.15) is 0 Å². The van der Waals surface area contributed by atoms with Crippen LogP contribution in [-0.2, 0) is 9.53 Å². The molecule has 0 amide bonds. The molecule has 1 saturated heterocycles. The van der Waals surface area contributed by atoms with Gasteiger partial charge in [-0.1, -0.05) is 0 Å². The van der Waals surface area contributed by atoms with Gasteiger partial charge >= 0.3 is 5.97 Å². The van der Waals surface area contributed by atoms with Gasteiger partial charge in [0.25, 0.3) is 0 Å². The average molecular weight is 169 g/mol. The maximum atomic E-state index is 11.0. The van der Waals surface area contributed by atoms with Crippen molar-refractivity contribution in [2.45, 2.75) is 32.7 Å².